The van der Waals surface area contributed by atoms with Gasteiger partial charge < -0.3 is 4.90 Å². The number of nitrogens with one attached hydrogen (secondary N) is 1. The molecule has 2 aliphatic heterocycles. The lowest BCUT2D eigenvalue weighted by Gasteiger charge is -2.28. The molecule has 10 nitrogen and oxygen atoms in total. The lowest BCUT2D eigenvalue weighted by molar-refractivity contribution is -0.136. The van der Waals surface area contributed by atoms with Crippen LogP contribution < -0.4 is 10.2 Å². The summed E-state index contributed by atoms with van der Waals surface area (Å²) < 4.78 is 1.86. The number of piperidine rings is 1. The number of carbonyl (C=O) groups excluding carboxylic acids is 4. The Balaban J connectivity index is 1.23. The van der Waals surface area contributed by atoms with Crippen molar-refractivity contribution >= 4 is 40.9 Å². The van der Waals surface area contributed by atoms with Crippen molar-refractivity contribution in [3.63, 3.8) is 0 Å². The molecule has 1 aromatic heterocycles. The molecular weight excluding hydrogens is 496 g/mol. The average molecular weight is 519 g/mol. The first-order valence-electron chi connectivity index (χ1n) is 12.1. The van der Waals surface area contributed by atoms with Crippen LogP contribution in [-0.2, 0) is 22.6 Å². The van der Waals surface area contributed by atoms with Gasteiger partial charge in [0.05, 0.1) is 35.6 Å². The van der Waals surface area contributed by atoms with Gasteiger partial charge in [-0.05, 0) is 54.7 Å². The number of aromatic nitrogens is 3. The quantitative estimate of drug-likeness (QED) is 0.516. The highest BCUT2D eigenvalue weighted by molar-refractivity contribution is 6.30. The number of aryl methyl sites for hydroxylation is 1. The third-order valence-electron chi connectivity index (χ3n) is 7.28. The van der Waals surface area contributed by atoms with E-state index >= 15 is 0 Å². The van der Waals surface area contributed by atoms with Crippen LogP contribution in [0, 0.1) is 0 Å². The molecule has 3 aromatic rings. The summed E-state index contributed by atoms with van der Waals surface area (Å²) in [5.74, 6) is -2.11. The smallest absolute Gasteiger partial charge is 0.264 e. The fourth-order valence-electron chi connectivity index (χ4n) is 5.52. The van der Waals surface area contributed by atoms with Crippen LogP contribution in [0.1, 0.15) is 62.8 Å². The van der Waals surface area contributed by atoms with Gasteiger partial charge in [0.2, 0.25) is 11.8 Å². The van der Waals surface area contributed by atoms with Gasteiger partial charge in [0.15, 0.2) is 0 Å². The van der Waals surface area contributed by atoms with E-state index < -0.39 is 29.7 Å². The molecule has 3 aliphatic rings. The number of hydrogen-bond donors (Lipinski definition) is 1. The Labute approximate surface area is 217 Å². The number of fused-ring (bicyclic) bond motifs is 2. The van der Waals surface area contributed by atoms with E-state index in [9.17, 15) is 19.2 Å². The molecule has 0 spiro atoms. The Bertz CT molecular complexity index is 1480. The van der Waals surface area contributed by atoms with Crippen molar-refractivity contribution in [1.29, 1.82) is 0 Å². The van der Waals surface area contributed by atoms with E-state index in [-0.39, 0.29) is 30.0 Å². The molecule has 11 heteroatoms. The minimum Gasteiger partial charge on any atom is -0.368 e. The van der Waals surface area contributed by atoms with Crippen LogP contribution in [0.25, 0.3) is 0 Å². The van der Waals surface area contributed by atoms with Gasteiger partial charge in [-0.3, -0.25) is 29.4 Å². The number of carbonyl (C=O) groups is 4. The zero-order chi connectivity index (χ0) is 25.8. The van der Waals surface area contributed by atoms with Gasteiger partial charge in [0.25, 0.3) is 11.8 Å². The Morgan fingerprint density at radius 3 is 2.68 bits per heavy atom. The summed E-state index contributed by atoms with van der Waals surface area (Å²) in [6.45, 7) is 0.358. The second-order valence-corrected chi connectivity index (χ2v) is 10.0. The Kier molecular flexibility index (Phi) is 5.56. The fraction of sp³-hybridized carbons (Fsp3) is 0.308. The Hall–Kier alpha value is -4.05. The van der Waals surface area contributed by atoms with Gasteiger partial charge in [0, 0.05) is 18.5 Å². The van der Waals surface area contributed by atoms with E-state index in [0.29, 0.717) is 17.9 Å². The Morgan fingerprint density at radius 1 is 1.05 bits per heavy atom. The number of nitrogens with zero attached hydrogens (tertiary/aromatic N) is 5. The molecule has 2 atom stereocenters. The second kappa shape index (κ2) is 8.81. The van der Waals surface area contributed by atoms with Gasteiger partial charge in [-0.25, -0.2) is 4.68 Å². The number of hydrogen-bond acceptors (Lipinski definition) is 7. The molecule has 37 heavy (non-hydrogen) atoms. The van der Waals surface area contributed by atoms with Crippen LogP contribution in [0.15, 0.2) is 42.6 Å². The number of rotatable bonds is 5. The lowest BCUT2D eigenvalue weighted by Crippen LogP contribution is -2.54. The van der Waals surface area contributed by atoms with Crippen LogP contribution >= 0.6 is 11.6 Å². The van der Waals surface area contributed by atoms with E-state index in [0.717, 1.165) is 22.8 Å². The number of benzene rings is 2. The van der Waals surface area contributed by atoms with Crippen molar-refractivity contribution in [3.8, 4) is 0 Å². The Morgan fingerprint density at radius 2 is 1.86 bits per heavy atom. The van der Waals surface area contributed by atoms with Gasteiger partial charge in [-0.2, -0.15) is 0 Å². The predicted octanol–water partition coefficient (Wildman–Crippen LogP) is 2.50. The zero-order valence-electron chi connectivity index (χ0n) is 20.0. The molecular formula is C26H23ClN6O4. The molecule has 0 bridgehead atoms. The average Bonchev–Trinajstić information content (AvgIpc) is 3.56. The summed E-state index contributed by atoms with van der Waals surface area (Å²) in [6.07, 6.45) is 3.92. The predicted molar refractivity (Wildman–Crippen MR) is 133 cm³/mol. The third kappa shape index (κ3) is 3.88. The van der Waals surface area contributed by atoms with Crippen molar-refractivity contribution in [2.24, 2.45) is 0 Å². The summed E-state index contributed by atoms with van der Waals surface area (Å²) in [7, 11) is 1.81. The largest absolute Gasteiger partial charge is 0.368 e. The SMILES string of the molecule is CN(Cc1cn([C@@H]2CCc3cc(Cl)ccc32)nn1)c1cccc2c1C(=O)N(C1CCC(=O)NC1=O)C2=O. The fourth-order valence-corrected chi connectivity index (χ4v) is 5.71. The van der Waals surface area contributed by atoms with Crippen LogP contribution in [-0.4, -0.2) is 56.6 Å². The maximum absolute atomic E-state index is 13.4. The standard InChI is InChI=1S/C26H23ClN6O4/c1-31(12-16-13-32(30-29-16)19-8-5-14-11-15(27)6-7-17(14)19)20-4-2-3-18-23(20)26(37)33(25(18)36)21-9-10-22(34)28-24(21)35/h2-4,6-7,11,13,19,21H,5,8-10,12H2,1H3,(H,28,34,35)/t19-,21?/m1/s1. The highest BCUT2D eigenvalue weighted by Crippen LogP contribution is 2.36. The van der Waals surface area contributed by atoms with E-state index in [1.165, 1.54) is 11.1 Å². The molecule has 1 fully saturated rings. The van der Waals surface area contributed by atoms with Crippen molar-refractivity contribution in [3.05, 3.63) is 75.6 Å². The van der Waals surface area contributed by atoms with Crippen LogP contribution in [0.3, 0.4) is 0 Å². The first kappa shape index (κ1) is 23.4. The maximum Gasteiger partial charge on any atom is 0.264 e. The highest BCUT2D eigenvalue weighted by atomic mass is 35.5. The number of anilines is 1. The molecule has 2 aromatic carbocycles. The maximum atomic E-state index is 13.4. The minimum absolute atomic E-state index is 0.0741. The molecule has 4 amide bonds. The van der Waals surface area contributed by atoms with E-state index in [4.69, 9.17) is 11.6 Å². The summed E-state index contributed by atoms with van der Waals surface area (Å²) >= 11 is 6.14. The van der Waals surface area contributed by atoms with Crippen molar-refractivity contribution in [2.45, 2.75) is 44.3 Å². The van der Waals surface area contributed by atoms with E-state index in [2.05, 4.69) is 15.6 Å². The molecule has 0 radical (unpaired) electrons. The third-order valence-corrected chi connectivity index (χ3v) is 7.52. The monoisotopic (exact) mass is 518 g/mol. The normalized spacial score (nSPS) is 20.8. The first-order chi connectivity index (χ1) is 17.8. The van der Waals surface area contributed by atoms with Crippen molar-refractivity contribution in [1.82, 2.24) is 25.2 Å². The molecule has 3 heterocycles. The number of imide groups is 2. The van der Waals surface area contributed by atoms with Crippen LogP contribution in [0.5, 0.6) is 0 Å². The molecule has 1 N–H and O–H groups in total. The molecule has 188 valence electrons. The van der Waals surface area contributed by atoms with Gasteiger partial charge in [-0.15, -0.1) is 5.10 Å². The van der Waals surface area contributed by atoms with Gasteiger partial charge in [0.1, 0.15) is 11.7 Å². The second-order valence-electron chi connectivity index (χ2n) is 9.59. The zero-order valence-corrected chi connectivity index (χ0v) is 20.7. The summed E-state index contributed by atoms with van der Waals surface area (Å²) in [5, 5.41) is 11.6. The van der Waals surface area contributed by atoms with Gasteiger partial charge >= 0.3 is 0 Å². The molecule has 1 saturated heterocycles. The first-order valence-corrected chi connectivity index (χ1v) is 12.4. The van der Waals surface area contributed by atoms with Crippen LogP contribution in [0.4, 0.5) is 5.69 Å². The summed E-state index contributed by atoms with van der Waals surface area (Å²) in [4.78, 5) is 53.3. The lowest BCUT2D eigenvalue weighted by atomic mass is 10.0. The van der Waals surface area contributed by atoms with Crippen molar-refractivity contribution < 1.29 is 19.2 Å². The van der Waals surface area contributed by atoms with Gasteiger partial charge in [-0.1, -0.05) is 28.9 Å². The molecule has 0 saturated carbocycles. The topological polar surface area (TPSA) is 118 Å². The molecule has 1 unspecified atom stereocenters. The van der Waals surface area contributed by atoms with Crippen molar-refractivity contribution in [2.75, 3.05) is 11.9 Å². The minimum atomic E-state index is -1.01. The molecule has 6 rings (SSSR count). The van der Waals surface area contributed by atoms with Crippen LogP contribution in [0.2, 0.25) is 5.02 Å². The number of amides is 4. The van der Waals surface area contributed by atoms with E-state index in [1.807, 2.05) is 41.0 Å². The summed E-state index contributed by atoms with van der Waals surface area (Å²) in [6, 6.07) is 10.0. The number of halogens is 1. The van der Waals surface area contributed by atoms with E-state index in [1.54, 1.807) is 18.2 Å². The highest BCUT2D eigenvalue weighted by Gasteiger charge is 2.46. The molecule has 1 aliphatic carbocycles. The summed E-state index contributed by atoms with van der Waals surface area (Å²) in [5.41, 5.74) is 4.16.